The molecule has 1 aromatic heterocycles. The van der Waals surface area contributed by atoms with Crippen molar-refractivity contribution in [1.29, 1.82) is 0 Å². The first-order chi connectivity index (χ1) is 12.4. The van der Waals surface area contributed by atoms with Crippen LogP contribution in [0.15, 0.2) is 47.8 Å². The monoisotopic (exact) mass is 376 g/mol. The van der Waals surface area contributed by atoms with Crippen molar-refractivity contribution in [2.24, 2.45) is 7.05 Å². The highest BCUT2D eigenvalue weighted by atomic mass is 32.2. The Morgan fingerprint density at radius 3 is 2.50 bits per heavy atom. The van der Waals surface area contributed by atoms with Crippen molar-refractivity contribution < 1.29 is 8.42 Å². The molecule has 1 aromatic carbocycles. The topological polar surface area (TPSA) is 77.2 Å². The highest BCUT2D eigenvalue weighted by Gasteiger charge is 2.30. The predicted molar refractivity (Wildman–Crippen MR) is 101 cm³/mol. The number of hydrogen-bond donors (Lipinski definition) is 0. The average Bonchev–Trinajstić information content (AvgIpc) is 2.91. The fourth-order valence-corrected chi connectivity index (χ4v) is 4.66. The van der Waals surface area contributed by atoms with Gasteiger partial charge in [-0.2, -0.15) is 5.10 Å². The Morgan fingerprint density at radius 1 is 1.23 bits per heavy atom. The van der Waals surface area contributed by atoms with Gasteiger partial charge >= 0.3 is 5.69 Å². The first-order valence-electron chi connectivity index (χ1n) is 8.68. The minimum absolute atomic E-state index is 0.0417. The summed E-state index contributed by atoms with van der Waals surface area (Å²) in [6.45, 7) is 4.86. The second-order valence-corrected chi connectivity index (χ2v) is 8.59. The van der Waals surface area contributed by atoms with Crippen LogP contribution in [0.2, 0.25) is 0 Å². The third-order valence-corrected chi connectivity index (χ3v) is 6.57. The number of hydrogen-bond acceptors (Lipinski definition) is 4. The molecule has 140 valence electrons. The van der Waals surface area contributed by atoms with E-state index in [2.05, 4.69) is 11.7 Å². The van der Waals surface area contributed by atoms with E-state index in [0.29, 0.717) is 32.5 Å². The number of sulfonamides is 1. The van der Waals surface area contributed by atoms with Crippen LogP contribution in [0.4, 0.5) is 0 Å². The molecule has 0 bridgehead atoms. The third kappa shape index (κ3) is 3.81. The number of aromatic nitrogens is 3. The van der Waals surface area contributed by atoms with Crippen LogP contribution >= 0.6 is 0 Å². The Morgan fingerprint density at radius 2 is 1.88 bits per heavy atom. The minimum atomic E-state index is -3.28. The molecule has 3 rings (SSSR count). The Kier molecular flexibility index (Phi) is 5.43. The van der Waals surface area contributed by atoms with Crippen LogP contribution in [0.25, 0.3) is 0 Å². The number of piperidine rings is 1. The van der Waals surface area contributed by atoms with E-state index in [4.69, 9.17) is 0 Å². The maximum Gasteiger partial charge on any atom is 0.345 e. The molecule has 26 heavy (non-hydrogen) atoms. The van der Waals surface area contributed by atoms with Crippen molar-refractivity contribution in [3.05, 3.63) is 64.9 Å². The van der Waals surface area contributed by atoms with Crippen molar-refractivity contribution in [2.45, 2.75) is 25.3 Å². The molecule has 1 aliphatic rings. The lowest BCUT2D eigenvalue weighted by molar-refractivity contribution is 0.310. The van der Waals surface area contributed by atoms with E-state index in [1.54, 1.807) is 11.6 Å². The third-order valence-electron chi connectivity index (χ3n) is 4.76. The molecular weight excluding hydrogens is 352 g/mol. The molecule has 2 heterocycles. The molecule has 0 amide bonds. The second kappa shape index (κ2) is 7.59. The number of benzene rings is 1. The van der Waals surface area contributed by atoms with Gasteiger partial charge in [-0.25, -0.2) is 22.2 Å². The van der Waals surface area contributed by atoms with Gasteiger partial charge in [0, 0.05) is 26.1 Å². The van der Waals surface area contributed by atoms with Crippen molar-refractivity contribution in [2.75, 3.05) is 18.8 Å². The van der Waals surface area contributed by atoms with Gasteiger partial charge in [-0.15, -0.1) is 6.58 Å². The Balaban J connectivity index is 1.80. The number of rotatable bonds is 6. The molecule has 0 spiro atoms. The molecule has 2 aromatic rings. The van der Waals surface area contributed by atoms with Crippen LogP contribution in [0.5, 0.6) is 0 Å². The second-order valence-electron chi connectivity index (χ2n) is 6.58. The van der Waals surface area contributed by atoms with Crippen LogP contribution in [-0.2, 0) is 23.6 Å². The Labute approximate surface area is 153 Å². The van der Waals surface area contributed by atoms with Crippen molar-refractivity contribution in [3.63, 3.8) is 0 Å². The fraction of sp³-hybridized carbons (Fsp3) is 0.444. The summed E-state index contributed by atoms with van der Waals surface area (Å²) in [6.07, 6.45) is 2.72. The molecule has 0 N–H and O–H groups in total. The Bertz CT molecular complexity index is 923. The first kappa shape index (κ1) is 18.6. The van der Waals surface area contributed by atoms with Crippen LogP contribution in [-0.4, -0.2) is 45.9 Å². The smallest absolute Gasteiger partial charge is 0.274 e. The van der Waals surface area contributed by atoms with Gasteiger partial charge in [0.05, 0.1) is 12.3 Å². The van der Waals surface area contributed by atoms with E-state index >= 15 is 0 Å². The fourth-order valence-electron chi connectivity index (χ4n) is 3.39. The largest absolute Gasteiger partial charge is 0.345 e. The molecule has 0 radical (unpaired) electrons. The van der Waals surface area contributed by atoms with E-state index in [1.165, 1.54) is 15.1 Å². The Hall–Kier alpha value is -2.19. The molecule has 0 unspecified atom stereocenters. The predicted octanol–water partition coefficient (Wildman–Crippen LogP) is 1.33. The van der Waals surface area contributed by atoms with E-state index in [9.17, 15) is 13.2 Å². The van der Waals surface area contributed by atoms with Crippen LogP contribution < -0.4 is 5.69 Å². The maximum absolute atomic E-state index is 12.5. The summed E-state index contributed by atoms with van der Waals surface area (Å²) < 4.78 is 28.9. The lowest BCUT2D eigenvalue weighted by Crippen LogP contribution is -2.39. The molecule has 1 aliphatic heterocycles. The summed E-state index contributed by atoms with van der Waals surface area (Å²) >= 11 is 0. The lowest BCUT2D eigenvalue weighted by atomic mass is 9.97. The lowest BCUT2D eigenvalue weighted by Gasteiger charge is -2.30. The SMILES string of the molecule is C=CCS(=O)(=O)N1CCC(c2nn(C)c(=O)n2Cc2ccccc2)CC1. The van der Waals surface area contributed by atoms with Crippen molar-refractivity contribution in [3.8, 4) is 0 Å². The zero-order valence-electron chi connectivity index (χ0n) is 14.9. The molecule has 0 saturated carbocycles. The molecule has 0 aliphatic carbocycles. The maximum atomic E-state index is 12.5. The standard InChI is InChI=1S/C18H24N4O3S/c1-3-13-26(24,25)21-11-9-16(10-12-21)17-19-20(2)18(23)22(17)14-15-7-5-4-6-8-15/h3-8,16H,1,9-14H2,2H3. The first-order valence-corrected chi connectivity index (χ1v) is 10.3. The van der Waals surface area contributed by atoms with E-state index in [1.807, 2.05) is 30.3 Å². The van der Waals surface area contributed by atoms with Crippen LogP contribution in [0.3, 0.4) is 0 Å². The zero-order chi connectivity index (χ0) is 18.7. The zero-order valence-corrected chi connectivity index (χ0v) is 15.7. The highest BCUT2D eigenvalue weighted by molar-refractivity contribution is 7.89. The van der Waals surface area contributed by atoms with E-state index in [0.717, 1.165) is 11.4 Å². The number of aryl methyl sites for hydroxylation is 1. The van der Waals surface area contributed by atoms with Gasteiger partial charge in [-0.1, -0.05) is 36.4 Å². The van der Waals surface area contributed by atoms with Gasteiger partial charge < -0.3 is 0 Å². The molecule has 7 nitrogen and oxygen atoms in total. The molecule has 1 fully saturated rings. The van der Waals surface area contributed by atoms with Gasteiger partial charge in [0.2, 0.25) is 10.0 Å². The summed E-state index contributed by atoms with van der Waals surface area (Å²) in [6, 6.07) is 9.79. The highest BCUT2D eigenvalue weighted by Crippen LogP contribution is 2.28. The summed E-state index contributed by atoms with van der Waals surface area (Å²) in [4.78, 5) is 12.5. The summed E-state index contributed by atoms with van der Waals surface area (Å²) in [5.41, 5.74) is 0.889. The molecule has 1 saturated heterocycles. The normalized spacial score (nSPS) is 16.7. The van der Waals surface area contributed by atoms with E-state index in [-0.39, 0.29) is 17.4 Å². The molecule has 0 atom stereocenters. The molecule has 8 heteroatoms. The summed E-state index contributed by atoms with van der Waals surface area (Å²) in [5.74, 6) is 0.768. The van der Waals surface area contributed by atoms with Gasteiger partial charge in [-0.05, 0) is 18.4 Å². The average molecular weight is 376 g/mol. The van der Waals surface area contributed by atoms with Gasteiger partial charge in [0.25, 0.3) is 0 Å². The number of nitrogens with zero attached hydrogens (tertiary/aromatic N) is 4. The van der Waals surface area contributed by atoms with Gasteiger partial charge in [0.1, 0.15) is 5.82 Å². The summed E-state index contributed by atoms with van der Waals surface area (Å²) in [7, 11) is -1.63. The van der Waals surface area contributed by atoms with Crippen LogP contribution in [0, 0.1) is 0 Å². The van der Waals surface area contributed by atoms with Gasteiger partial charge in [-0.3, -0.25) is 4.57 Å². The van der Waals surface area contributed by atoms with Crippen molar-refractivity contribution in [1.82, 2.24) is 18.7 Å². The minimum Gasteiger partial charge on any atom is -0.274 e. The van der Waals surface area contributed by atoms with Crippen LogP contribution in [0.1, 0.15) is 30.1 Å². The quantitative estimate of drug-likeness (QED) is 0.713. The van der Waals surface area contributed by atoms with E-state index < -0.39 is 10.0 Å². The summed E-state index contributed by atoms with van der Waals surface area (Å²) in [5, 5.41) is 4.44. The van der Waals surface area contributed by atoms with Crippen molar-refractivity contribution >= 4 is 10.0 Å². The van der Waals surface area contributed by atoms with Gasteiger partial charge in [0.15, 0.2) is 0 Å². The molecular formula is C18H24N4O3S.